The quantitative estimate of drug-likeness (QED) is 0.920. The topological polar surface area (TPSA) is 58.1 Å². The van der Waals surface area contributed by atoms with E-state index in [1.807, 2.05) is 0 Å². The number of nitrogens with one attached hydrogen (secondary N) is 1. The predicted molar refractivity (Wildman–Crippen MR) is 75.1 cm³/mol. The Hall–Kier alpha value is -1.36. The summed E-state index contributed by atoms with van der Waals surface area (Å²) >= 11 is 6.01. The van der Waals surface area contributed by atoms with Gasteiger partial charge < -0.3 is 10.2 Å². The largest absolute Gasteiger partial charge is 0.368 e. The molecule has 0 spiro atoms. The van der Waals surface area contributed by atoms with E-state index in [0.717, 1.165) is 25.7 Å². The van der Waals surface area contributed by atoms with Gasteiger partial charge in [-0.05, 0) is 12.8 Å². The summed E-state index contributed by atoms with van der Waals surface area (Å²) in [6.45, 7) is 0.570. The highest BCUT2D eigenvalue weighted by Gasteiger charge is 2.41. The Morgan fingerprint density at radius 3 is 2.74 bits per heavy atom. The van der Waals surface area contributed by atoms with E-state index in [1.54, 1.807) is 25.2 Å². The summed E-state index contributed by atoms with van der Waals surface area (Å²) in [6, 6.07) is 0. The fourth-order valence-corrected chi connectivity index (χ4v) is 2.86. The molecule has 0 saturated heterocycles. The lowest BCUT2D eigenvalue weighted by Gasteiger charge is -2.31. The van der Waals surface area contributed by atoms with Crippen LogP contribution in [0.1, 0.15) is 25.7 Å². The molecule has 1 aromatic heterocycles. The van der Waals surface area contributed by atoms with Crippen LogP contribution in [0.25, 0.3) is 0 Å². The molecule has 0 unspecified atom stereocenters. The molecule has 1 aliphatic carbocycles. The third-order valence-corrected chi connectivity index (χ3v) is 3.96. The zero-order chi connectivity index (χ0) is 13.9. The van der Waals surface area contributed by atoms with Crippen molar-refractivity contribution in [3.05, 3.63) is 17.5 Å². The smallest absolute Gasteiger partial charge is 0.230 e. The molecule has 1 aromatic rings. The molecule has 0 radical (unpaired) electrons. The van der Waals surface area contributed by atoms with E-state index in [4.69, 9.17) is 11.6 Å². The van der Waals surface area contributed by atoms with Gasteiger partial charge in [0.15, 0.2) is 0 Å². The summed E-state index contributed by atoms with van der Waals surface area (Å²) < 4.78 is 0. The van der Waals surface area contributed by atoms with Crippen LogP contribution >= 0.6 is 11.6 Å². The van der Waals surface area contributed by atoms with Gasteiger partial charge >= 0.3 is 0 Å². The molecule has 5 nitrogen and oxygen atoms in total. The van der Waals surface area contributed by atoms with E-state index in [9.17, 15) is 4.79 Å². The van der Waals surface area contributed by atoms with E-state index in [2.05, 4.69) is 15.3 Å². The van der Waals surface area contributed by atoms with Crippen LogP contribution in [0.4, 0.5) is 5.82 Å². The third kappa shape index (κ3) is 2.97. The summed E-state index contributed by atoms with van der Waals surface area (Å²) in [5.41, 5.74) is -0.322. The molecule has 1 saturated carbocycles. The van der Waals surface area contributed by atoms with Gasteiger partial charge in [-0.2, -0.15) is 0 Å². The van der Waals surface area contributed by atoms with Crippen LogP contribution in [0.15, 0.2) is 12.5 Å². The molecule has 0 aromatic carbocycles. The fourth-order valence-electron chi connectivity index (χ4n) is 2.69. The Morgan fingerprint density at radius 1 is 1.47 bits per heavy atom. The number of carbonyl (C=O) groups is 1. The number of aromatic nitrogens is 2. The molecule has 2 rings (SSSR count). The Balaban J connectivity index is 2.10. The number of hydrogen-bond donors (Lipinski definition) is 1. The lowest BCUT2D eigenvalue weighted by Crippen LogP contribution is -2.43. The van der Waals surface area contributed by atoms with Crippen LogP contribution in [-0.4, -0.2) is 41.4 Å². The second-order valence-corrected chi connectivity index (χ2v) is 5.67. The molecule has 19 heavy (non-hydrogen) atoms. The highest BCUT2D eigenvalue weighted by atomic mass is 35.5. The van der Waals surface area contributed by atoms with Crippen molar-refractivity contribution in [1.82, 2.24) is 14.9 Å². The average Bonchev–Trinajstić information content (AvgIpc) is 2.87. The van der Waals surface area contributed by atoms with Crippen LogP contribution in [0, 0.1) is 5.41 Å². The first-order valence-corrected chi connectivity index (χ1v) is 6.84. The van der Waals surface area contributed by atoms with Crippen LogP contribution < -0.4 is 5.32 Å². The first-order valence-electron chi connectivity index (χ1n) is 6.46. The number of carbonyl (C=O) groups excluding carboxylic acids is 1. The van der Waals surface area contributed by atoms with E-state index < -0.39 is 0 Å². The van der Waals surface area contributed by atoms with E-state index in [1.165, 1.54) is 6.33 Å². The number of hydrogen-bond acceptors (Lipinski definition) is 4. The lowest BCUT2D eigenvalue weighted by atomic mass is 9.84. The number of rotatable bonds is 4. The molecule has 1 heterocycles. The standard InChI is InChI=1S/C13H19ClN4O/c1-18(2)12(19)13(5-3-4-6-13)8-16-11-10(14)7-15-9-17-11/h7,9H,3-6,8H2,1-2H3,(H,15,16,17). The van der Waals surface area contributed by atoms with Crippen molar-refractivity contribution < 1.29 is 4.79 Å². The van der Waals surface area contributed by atoms with Gasteiger partial charge in [-0.1, -0.05) is 24.4 Å². The summed E-state index contributed by atoms with van der Waals surface area (Å²) in [6.07, 6.45) is 7.02. The maximum absolute atomic E-state index is 12.4. The molecule has 1 N–H and O–H groups in total. The SMILES string of the molecule is CN(C)C(=O)C1(CNc2ncncc2Cl)CCCC1. The summed E-state index contributed by atoms with van der Waals surface area (Å²) in [7, 11) is 3.61. The minimum absolute atomic E-state index is 0.183. The van der Waals surface area contributed by atoms with Crippen molar-refractivity contribution in [2.24, 2.45) is 5.41 Å². The molecule has 0 aliphatic heterocycles. The maximum atomic E-state index is 12.4. The second kappa shape index (κ2) is 5.74. The van der Waals surface area contributed by atoms with Crippen LogP contribution in [0.2, 0.25) is 5.02 Å². The molecule has 104 valence electrons. The second-order valence-electron chi connectivity index (χ2n) is 5.26. The van der Waals surface area contributed by atoms with Crippen molar-refractivity contribution in [3.63, 3.8) is 0 Å². The van der Waals surface area contributed by atoms with Crippen LogP contribution in [0.3, 0.4) is 0 Å². The summed E-state index contributed by atoms with van der Waals surface area (Å²) in [5, 5.41) is 3.68. The first-order chi connectivity index (χ1) is 9.05. The Labute approximate surface area is 118 Å². The van der Waals surface area contributed by atoms with Gasteiger partial charge in [0, 0.05) is 20.6 Å². The number of nitrogens with zero attached hydrogens (tertiary/aromatic N) is 3. The van der Waals surface area contributed by atoms with E-state index >= 15 is 0 Å². The van der Waals surface area contributed by atoms with Gasteiger partial charge in [0.25, 0.3) is 0 Å². The van der Waals surface area contributed by atoms with Crippen LogP contribution in [-0.2, 0) is 4.79 Å². The number of amides is 1. The fraction of sp³-hybridized carbons (Fsp3) is 0.615. The average molecular weight is 283 g/mol. The van der Waals surface area contributed by atoms with Gasteiger partial charge in [0.1, 0.15) is 17.2 Å². The highest BCUT2D eigenvalue weighted by molar-refractivity contribution is 6.32. The monoisotopic (exact) mass is 282 g/mol. The molecule has 1 fully saturated rings. The molecule has 6 heteroatoms. The van der Waals surface area contributed by atoms with Crippen molar-refractivity contribution in [1.29, 1.82) is 0 Å². The van der Waals surface area contributed by atoms with Crippen molar-refractivity contribution in [3.8, 4) is 0 Å². The molecule has 0 atom stereocenters. The van der Waals surface area contributed by atoms with Crippen molar-refractivity contribution in [2.75, 3.05) is 26.0 Å². The number of anilines is 1. The maximum Gasteiger partial charge on any atom is 0.230 e. The Kier molecular flexibility index (Phi) is 4.24. The normalized spacial score (nSPS) is 17.2. The molecule has 1 amide bonds. The van der Waals surface area contributed by atoms with Gasteiger partial charge in [-0.3, -0.25) is 4.79 Å². The summed E-state index contributed by atoms with van der Waals surface area (Å²) in [5.74, 6) is 0.775. The highest BCUT2D eigenvalue weighted by Crippen LogP contribution is 2.39. The molecular weight excluding hydrogens is 264 g/mol. The molecule has 0 bridgehead atoms. The van der Waals surface area contributed by atoms with Crippen LogP contribution in [0.5, 0.6) is 0 Å². The van der Waals surface area contributed by atoms with E-state index in [-0.39, 0.29) is 11.3 Å². The summed E-state index contributed by atoms with van der Waals surface area (Å²) in [4.78, 5) is 22.0. The minimum atomic E-state index is -0.322. The minimum Gasteiger partial charge on any atom is -0.368 e. The zero-order valence-corrected chi connectivity index (χ0v) is 12.1. The number of halogens is 1. The zero-order valence-electron chi connectivity index (χ0n) is 11.3. The predicted octanol–water partition coefficient (Wildman–Crippen LogP) is 2.19. The Bertz CT molecular complexity index is 458. The van der Waals surface area contributed by atoms with E-state index in [0.29, 0.717) is 17.4 Å². The van der Waals surface area contributed by atoms with Gasteiger partial charge in [-0.25, -0.2) is 9.97 Å². The Morgan fingerprint density at radius 2 is 2.16 bits per heavy atom. The lowest BCUT2D eigenvalue weighted by molar-refractivity contribution is -0.138. The van der Waals surface area contributed by atoms with Gasteiger partial charge in [0.2, 0.25) is 5.91 Å². The van der Waals surface area contributed by atoms with Crippen molar-refractivity contribution in [2.45, 2.75) is 25.7 Å². The first kappa shape index (κ1) is 14.1. The van der Waals surface area contributed by atoms with Crippen molar-refractivity contribution >= 4 is 23.3 Å². The third-order valence-electron chi connectivity index (χ3n) is 3.68. The van der Waals surface area contributed by atoms with Gasteiger partial charge in [0.05, 0.1) is 11.6 Å². The van der Waals surface area contributed by atoms with Gasteiger partial charge in [-0.15, -0.1) is 0 Å². The molecular formula is C13H19ClN4O. The molecule has 1 aliphatic rings.